The van der Waals surface area contributed by atoms with Crippen LogP contribution in [0.2, 0.25) is 0 Å². The third-order valence-corrected chi connectivity index (χ3v) is 3.76. The number of hydrogen-bond acceptors (Lipinski definition) is 4. The third kappa shape index (κ3) is 3.85. The molecule has 3 nitrogen and oxygen atoms in total. The first-order valence-electron chi connectivity index (χ1n) is 6.51. The normalized spacial score (nSPS) is 11.8. The zero-order chi connectivity index (χ0) is 13.9. The lowest BCUT2D eigenvalue weighted by atomic mass is 9.93. The highest BCUT2D eigenvalue weighted by Crippen LogP contribution is 2.25. The van der Waals surface area contributed by atoms with Gasteiger partial charge in [-0.1, -0.05) is 26.8 Å². The summed E-state index contributed by atoms with van der Waals surface area (Å²) < 4.78 is 0. The van der Waals surface area contributed by atoms with Gasteiger partial charge in [-0.2, -0.15) is 0 Å². The van der Waals surface area contributed by atoms with Crippen molar-refractivity contribution in [1.82, 2.24) is 15.3 Å². The van der Waals surface area contributed by atoms with Gasteiger partial charge in [-0.25, -0.2) is 4.98 Å². The molecule has 0 unspecified atom stereocenters. The van der Waals surface area contributed by atoms with Crippen molar-refractivity contribution < 1.29 is 0 Å². The first-order valence-corrected chi connectivity index (χ1v) is 7.39. The van der Waals surface area contributed by atoms with Crippen LogP contribution >= 0.6 is 11.3 Å². The first kappa shape index (κ1) is 14.2. The van der Waals surface area contributed by atoms with Crippen LogP contribution in [-0.2, 0) is 18.4 Å². The van der Waals surface area contributed by atoms with Crippen LogP contribution in [0.1, 0.15) is 42.6 Å². The van der Waals surface area contributed by atoms with Gasteiger partial charge in [-0.05, 0) is 18.2 Å². The molecule has 0 aliphatic carbocycles. The molecule has 0 fully saturated rings. The zero-order valence-electron chi connectivity index (χ0n) is 12.0. The zero-order valence-corrected chi connectivity index (χ0v) is 12.8. The summed E-state index contributed by atoms with van der Waals surface area (Å²) >= 11 is 1.74. The predicted octanol–water partition coefficient (Wildman–Crippen LogP) is 3.15. The highest BCUT2D eigenvalue weighted by molar-refractivity contribution is 7.09. The van der Waals surface area contributed by atoms with E-state index >= 15 is 0 Å². The lowest BCUT2D eigenvalue weighted by molar-refractivity contribution is 0.571. The van der Waals surface area contributed by atoms with Crippen LogP contribution in [0.25, 0.3) is 0 Å². The predicted molar refractivity (Wildman–Crippen MR) is 80.6 cm³/mol. The molecule has 0 saturated carbocycles. The molecule has 1 N–H and O–H groups in total. The minimum absolute atomic E-state index is 0.126. The Morgan fingerprint density at radius 3 is 2.58 bits per heavy atom. The van der Waals surface area contributed by atoms with Crippen LogP contribution in [-0.4, -0.2) is 17.0 Å². The summed E-state index contributed by atoms with van der Waals surface area (Å²) in [5.41, 5.74) is 3.74. The molecule has 4 heteroatoms. The van der Waals surface area contributed by atoms with Crippen molar-refractivity contribution in [2.24, 2.45) is 0 Å². The lowest BCUT2D eigenvalue weighted by Crippen LogP contribution is -2.11. The number of rotatable bonds is 4. The molecule has 0 aliphatic heterocycles. The topological polar surface area (TPSA) is 37.8 Å². The van der Waals surface area contributed by atoms with Crippen molar-refractivity contribution >= 4 is 11.3 Å². The van der Waals surface area contributed by atoms with Crippen molar-refractivity contribution in [3.05, 3.63) is 45.7 Å². The molecule has 2 rings (SSSR count). The molecule has 2 aromatic rings. The number of nitrogens with zero attached hydrogens (tertiary/aromatic N) is 2. The summed E-state index contributed by atoms with van der Waals surface area (Å²) in [5.74, 6) is 0. The van der Waals surface area contributed by atoms with Gasteiger partial charge in [-0.15, -0.1) is 11.3 Å². The number of aromatic nitrogens is 2. The summed E-state index contributed by atoms with van der Waals surface area (Å²) in [5, 5.41) is 6.47. The number of nitrogens with one attached hydrogen (secondary N) is 1. The highest BCUT2D eigenvalue weighted by atomic mass is 32.1. The molecular weight excluding hydrogens is 254 g/mol. The Kier molecular flexibility index (Phi) is 4.32. The second-order valence-corrected chi connectivity index (χ2v) is 6.73. The maximum atomic E-state index is 4.73. The van der Waals surface area contributed by atoms with Gasteiger partial charge < -0.3 is 5.32 Å². The van der Waals surface area contributed by atoms with Crippen LogP contribution in [0.15, 0.2) is 23.8 Å². The van der Waals surface area contributed by atoms with E-state index in [0.717, 1.165) is 18.0 Å². The highest BCUT2D eigenvalue weighted by Gasteiger charge is 2.17. The maximum Gasteiger partial charge on any atom is 0.0973 e. The molecule has 0 bridgehead atoms. The van der Waals surface area contributed by atoms with Gasteiger partial charge in [0.25, 0.3) is 0 Å². The molecule has 2 aromatic heterocycles. The fourth-order valence-electron chi connectivity index (χ4n) is 1.85. The molecule has 102 valence electrons. The number of hydrogen-bond donors (Lipinski definition) is 1. The Morgan fingerprint density at radius 1 is 1.21 bits per heavy atom. The van der Waals surface area contributed by atoms with E-state index in [1.54, 1.807) is 11.3 Å². The van der Waals surface area contributed by atoms with Crippen molar-refractivity contribution in [3.8, 4) is 0 Å². The van der Waals surface area contributed by atoms with Crippen LogP contribution < -0.4 is 5.32 Å². The standard InChI is InChI=1S/C15H21N3S/c1-15(2,3)13-10-19-14(18-13)6-11-5-12(7-16-4)9-17-8-11/h5,8-10,16H,6-7H2,1-4H3. The van der Waals surface area contributed by atoms with E-state index in [9.17, 15) is 0 Å². The maximum absolute atomic E-state index is 4.73. The average Bonchev–Trinajstić information content (AvgIpc) is 2.78. The molecule has 19 heavy (non-hydrogen) atoms. The minimum atomic E-state index is 0.126. The van der Waals surface area contributed by atoms with Crippen molar-refractivity contribution in [3.63, 3.8) is 0 Å². The Bertz CT molecular complexity index is 540. The van der Waals surface area contributed by atoms with Gasteiger partial charge in [0.2, 0.25) is 0 Å². The number of thiazole rings is 1. The van der Waals surface area contributed by atoms with Gasteiger partial charge in [0.05, 0.1) is 10.7 Å². The molecule has 0 aliphatic rings. The minimum Gasteiger partial charge on any atom is -0.316 e. The Balaban J connectivity index is 2.12. The lowest BCUT2D eigenvalue weighted by Gasteiger charge is -2.14. The van der Waals surface area contributed by atoms with Gasteiger partial charge in [0, 0.05) is 36.2 Å². The molecule has 0 amide bonds. The fraction of sp³-hybridized carbons (Fsp3) is 0.467. The van der Waals surface area contributed by atoms with E-state index in [2.05, 4.69) is 42.5 Å². The summed E-state index contributed by atoms with van der Waals surface area (Å²) in [7, 11) is 1.95. The largest absolute Gasteiger partial charge is 0.316 e. The van der Waals surface area contributed by atoms with Gasteiger partial charge in [-0.3, -0.25) is 4.98 Å². The van der Waals surface area contributed by atoms with Crippen LogP contribution in [0.3, 0.4) is 0 Å². The van der Waals surface area contributed by atoms with Crippen LogP contribution in [0, 0.1) is 0 Å². The Hall–Kier alpha value is -1.26. The number of pyridine rings is 1. The summed E-state index contributed by atoms with van der Waals surface area (Å²) in [6, 6.07) is 2.20. The fourth-order valence-corrected chi connectivity index (χ4v) is 2.91. The molecule has 0 spiro atoms. The van der Waals surface area contributed by atoms with E-state index in [0.29, 0.717) is 0 Å². The second-order valence-electron chi connectivity index (χ2n) is 5.79. The average molecular weight is 275 g/mol. The van der Waals surface area contributed by atoms with E-state index in [4.69, 9.17) is 4.98 Å². The smallest absolute Gasteiger partial charge is 0.0973 e. The molecule has 0 aromatic carbocycles. The van der Waals surface area contributed by atoms with E-state index in [-0.39, 0.29) is 5.41 Å². The Labute approximate surface area is 119 Å². The van der Waals surface area contributed by atoms with E-state index < -0.39 is 0 Å². The van der Waals surface area contributed by atoms with E-state index in [1.165, 1.54) is 16.8 Å². The Morgan fingerprint density at radius 2 is 1.95 bits per heavy atom. The van der Waals surface area contributed by atoms with Crippen LogP contribution in [0.5, 0.6) is 0 Å². The summed E-state index contributed by atoms with van der Waals surface area (Å²) in [6.45, 7) is 7.44. The third-order valence-electron chi connectivity index (χ3n) is 2.91. The van der Waals surface area contributed by atoms with Crippen molar-refractivity contribution in [2.75, 3.05) is 7.05 Å². The molecule has 0 saturated heterocycles. The second kappa shape index (κ2) is 5.80. The SMILES string of the molecule is CNCc1cncc(Cc2nc(C(C)(C)C)cs2)c1. The van der Waals surface area contributed by atoms with E-state index in [1.807, 2.05) is 19.4 Å². The molecule has 0 atom stereocenters. The summed E-state index contributed by atoms with van der Waals surface area (Å²) in [6.07, 6.45) is 4.70. The molecule has 0 radical (unpaired) electrons. The molecule has 2 heterocycles. The molecular formula is C15H21N3S. The summed E-state index contributed by atoms with van der Waals surface area (Å²) in [4.78, 5) is 9.02. The van der Waals surface area contributed by atoms with Crippen molar-refractivity contribution in [1.29, 1.82) is 0 Å². The van der Waals surface area contributed by atoms with Crippen LogP contribution in [0.4, 0.5) is 0 Å². The first-order chi connectivity index (χ1) is 8.99. The van der Waals surface area contributed by atoms with Gasteiger partial charge in [0.15, 0.2) is 0 Å². The monoisotopic (exact) mass is 275 g/mol. The van der Waals surface area contributed by atoms with Gasteiger partial charge in [0.1, 0.15) is 0 Å². The van der Waals surface area contributed by atoms with Gasteiger partial charge >= 0.3 is 0 Å². The van der Waals surface area contributed by atoms with Crippen molar-refractivity contribution in [2.45, 2.75) is 39.2 Å². The quantitative estimate of drug-likeness (QED) is 0.931.